The smallest absolute Gasteiger partial charge is 0.138 e. The van der Waals surface area contributed by atoms with E-state index >= 15 is 0 Å². The van der Waals surface area contributed by atoms with E-state index < -0.39 is 0 Å². The zero-order chi connectivity index (χ0) is 14.7. The first kappa shape index (κ1) is 13.3. The molecular weight excluding hydrogens is 284 g/mol. The standard InChI is InChI=1S/C16H11ClN4/c1-12-20-14(6-5-13-7-9-18-15(17)10-13)11-21(12)16-4-2-3-8-19-16/h2-4,7-11H,1H3. The topological polar surface area (TPSA) is 43.6 Å². The normalized spacial score (nSPS) is 10.0. The SMILES string of the molecule is Cc1nc(C#Cc2ccnc(Cl)c2)cn1-c1ccccn1. The highest BCUT2D eigenvalue weighted by atomic mass is 35.5. The lowest BCUT2D eigenvalue weighted by atomic mass is 10.3. The van der Waals surface area contributed by atoms with Gasteiger partial charge in [-0.15, -0.1) is 0 Å². The average Bonchev–Trinajstić information content (AvgIpc) is 2.87. The number of aryl methyl sites for hydroxylation is 1. The molecule has 0 aliphatic carbocycles. The third kappa shape index (κ3) is 3.10. The quantitative estimate of drug-likeness (QED) is 0.512. The zero-order valence-electron chi connectivity index (χ0n) is 11.3. The van der Waals surface area contributed by atoms with Crippen molar-refractivity contribution in [2.75, 3.05) is 0 Å². The molecule has 0 radical (unpaired) electrons. The Balaban J connectivity index is 1.92. The first-order valence-electron chi connectivity index (χ1n) is 6.33. The van der Waals surface area contributed by atoms with Crippen molar-refractivity contribution in [2.24, 2.45) is 0 Å². The number of hydrogen-bond donors (Lipinski definition) is 0. The van der Waals surface area contributed by atoms with Gasteiger partial charge in [0.25, 0.3) is 0 Å². The first-order chi connectivity index (χ1) is 10.2. The Hall–Kier alpha value is -2.64. The Morgan fingerprint density at radius 2 is 2.00 bits per heavy atom. The molecule has 0 saturated carbocycles. The van der Waals surface area contributed by atoms with Crippen LogP contribution in [0.4, 0.5) is 0 Å². The summed E-state index contributed by atoms with van der Waals surface area (Å²) in [6.07, 6.45) is 5.25. The number of imidazole rings is 1. The highest BCUT2D eigenvalue weighted by Crippen LogP contribution is 2.10. The van der Waals surface area contributed by atoms with Crippen molar-refractivity contribution in [3.8, 4) is 17.7 Å². The number of halogens is 1. The third-order valence-corrected chi connectivity index (χ3v) is 3.05. The molecule has 0 unspecified atom stereocenters. The average molecular weight is 295 g/mol. The molecule has 0 spiro atoms. The van der Waals surface area contributed by atoms with E-state index in [4.69, 9.17) is 11.6 Å². The molecule has 0 bridgehead atoms. The van der Waals surface area contributed by atoms with E-state index in [1.165, 1.54) is 0 Å². The summed E-state index contributed by atoms with van der Waals surface area (Å²) in [6, 6.07) is 9.27. The van der Waals surface area contributed by atoms with Crippen LogP contribution in [-0.4, -0.2) is 19.5 Å². The number of rotatable bonds is 1. The highest BCUT2D eigenvalue weighted by molar-refractivity contribution is 6.29. The Kier molecular flexibility index (Phi) is 3.67. The van der Waals surface area contributed by atoms with E-state index in [1.807, 2.05) is 42.0 Å². The Morgan fingerprint density at radius 3 is 2.76 bits per heavy atom. The molecule has 5 heteroatoms. The maximum atomic E-state index is 5.83. The van der Waals surface area contributed by atoms with Crippen molar-refractivity contribution in [2.45, 2.75) is 6.92 Å². The lowest BCUT2D eigenvalue weighted by molar-refractivity contribution is 0.933. The molecule has 0 atom stereocenters. The summed E-state index contributed by atoms with van der Waals surface area (Å²) in [5.74, 6) is 7.71. The van der Waals surface area contributed by atoms with Crippen LogP contribution in [0.5, 0.6) is 0 Å². The van der Waals surface area contributed by atoms with Gasteiger partial charge in [0, 0.05) is 24.2 Å². The van der Waals surface area contributed by atoms with Gasteiger partial charge in [-0.25, -0.2) is 15.0 Å². The fourth-order valence-electron chi connectivity index (χ4n) is 1.88. The van der Waals surface area contributed by atoms with Gasteiger partial charge in [0.2, 0.25) is 0 Å². The van der Waals surface area contributed by atoms with Gasteiger partial charge in [-0.3, -0.25) is 4.57 Å². The number of aromatic nitrogens is 4. The molecule has 3 aromatic heterocycles. The molecule has 3 aromatic rings. The van der Waals surface area contributed by atoms with Crippen LogP contribution in [0.15, 0.2) is 48.9 Å². The second-order valence-corrected chi connectivity index (χ2v) is 4.74. The number of pyridine rings is 2. The predicted octanol–water partition coefficient (Wildman–Crippen LogP) is 3.02. The Morgan fingerprint density at radius 1 is 1.10 bits per heavy atom. The monoisotopic (exact) mass is 294 g/mol. The molecular formula is C16H11ClN4. The summed E-state index contributed by atoms with van der Waals surface area (Å²) in [7, 11) is 0. The Labute approximate surface area is 127 Å². The second kappa shape index (κ2) is 5.78. The van der Waals surface area contributed by atoms with Gasteiger partial charge in [0.15, 0.2) is 0 Å². The van der Waals surface area contributed by atoms with Crippen LogP contribution in [0.2, 0.25) is 5.15 Å². The lowest BCUT2D eigenvalue weighted by Crippen LogP contribution is -1.97. The van der Waals surface area contributed by atoms with Gasteiger partial charge < -0.3 is 0 Å². The molecule has 0 fully saturated rings. The summed E-state index contributed by atoms with van der Waals surface area (Å²) >= 11 is 5.83. The fraction of sp³-hybridized carbons (Fsp3) is 0.0625. The van der Waals surface area contributed by atoms with Crippen LogP contribution >= 0.6 is 11.6 Å². The van der Waals surface area contributed by atoms with E-state index in [-0.39, 0.29) is 0 Å². The summed E-state index contributed by atoms with van der Waals surface area (Å²) < 4.78 is 1.91. The maximum absolute atomic E-state index is 5.83. The molecule has 0 amide bonds. The van der Waals surface area contributed by atoms with Crippen molar-refractivity contribution in [1.29, 1.82) is 0 Å². The molecule has 0 aliphatic heterocycles. The number of nitrogens with zero attached hydrogens (tertiary/aromatic N) is 4. The second-order valence-electron chi connectivity index (χ2n) is 4.35. The molecule has 0 N–H and O–H groups in total. The van der Waals surface area contributed by atoms with Crippen molar-refractivity contribution in [1.82, 2.24) is 19.5 Å². The first-order valence-corrected chi connectivity index (χ1v) is 6.71. The molecule has 3 rings (SSSR count). The van der Waals surface area contributed by atoms with E-state index in [9.17, 15) is 0 Å². The van der Waals surface area contributed by atoms with Crippen LogP contribution in [0.25, 0.3) is 5.82 Å². The largest absolute Gasteiger partial charge is 0.287 e. The van der Waals surface area contributed by atoms with Crippen LogP contribution < -0.4 is 0 Å². The minimum atomic E-state index is 0.428. The molecule has 0 saturated heterocycles. The van der Waals surface area contributed by atoms with Crippen molar-refractivity contribution in [3.05, 3.63) is 71.2 Å². The minimum absolute atomic E-state index is 0.428. The van der Waals surface area contributed by atoms with E-state index in [0.29, 0.717) is 10.8 Å². The zero-order valence-corrected chi connectivity index (χ0v) is 12.0. The van der Waals surface area contributed by atoms with Crippen LogP contribution in [0.1, 0.15) is 17.1 Å². The van der Waals surface area contributed by atoms with E-state index in [0.717, 1.165) is 17.2 Å². The van der Waals surface area contributed by atoms with E-state index in [1.54, 1.807) is 18.5 Å². The molecule has 0 aliphatic rings. The molecule has 3 heterocycles. The summed E-state index contributed by atoms with van der Waals surface area (Å²) in [6.45, 7) is 1.92. The van der Waals surface area contributed by atoms with Crippen molar-refractivity contribution < 1.29 is 0 Å². The van der Waals surface area contributed by atoms with Crippen LogP contribution in [0.3, 0.4) is 0 Å². The van der Waals surface area contributed by atoms with Crippen LogP contribution in [-0.2, 0) is 0 Å². The van der Waals surface area contributed by atoms with Crippen molar-refractivity contribution in [3.63, 3.8) is 0 Å². The highest BCUT2D eigenvalue weighted by Gasteiger charge is 2.04. The van der Waals surface area contributed by atoms with Gasteiger partial charge in [0.1, 0.15) is 22.5 Å². The minimum Gasteiger partial charge on any atom is -0.287 e. The number of hydrogen-bond acceptors (Lipinski definition) is 3. The van der Waals surface area contributed by atoms with Gasteiger partial charge in [0.05, 0.1) is 0 Å². The van der Waals surface area contributed by atoms with Crippen molar-refractivity contribution >= 4 is 11.6 Å². The lowest BCUT2D eigenvalue weighted by Gasteiger charge is -2.01. The third-order valence-electron chi connectivity index (χ3n) is 2.84. The van der Waals surface area contributed by atoms with E-state index in [2.05, 4.69) is 26.8 Å². The molecule has 4 nitrogen and oxygen atoms in total. The van der Waals surface area contributed by atoms with Gasteiger partial charge in [-0.05, 0) is 37.1 Å². The molecule has 21 heavy (non-hydrogen) atoms. The Bertz CT molecular complexity index is 828. The summed E-state index contributed by atoms with van der Waals surface area (Å²) in [5, 5.41) is 0.428. The predicted molar refractivity (Wildman–Crippen MR) is 81.3 cm³/mol. The van der Waals surface area contributed by atoms with Gasteiger partial charge >= 0.3 is 0 Å². The van der Waals surface area contributed by atoms with Crippen LogP contribution in [0, 0.1) is 18.8 Å². The molecule has 102 valence electrons. The van der Waals surface area contributed by atoms with Gasteiger partial charge in [-0.1, -0.05) is 23.6 Å². The maximum Gasteiger partial charge on any atom is 0.138 e. The fourth-order valence-corrected chi connectivity index (χ4v) is 2.05. The molecule has 0 aromatic carbocycles. The van der Waals surface area contributed by atoms with Gasteiger partial charge in [-0.2, -0.15) is 0 Å². The summed E-state index contributed by atoms with van der Waals surface area (Å²) in [4.78, 5) is 12.6. The summed E-state index contributed by atoms with van der Waals surface area (Å²) in [5.41, 5.74) is 1.49.